The quantitative estimate of drug-likeness (QED) is 0.224. The summed E-state index contributed by atoms with van der Waals surface area (Å²) in [5, 5.41) is 14.9. The maximum Gasteiger partial charge on any atom is 0.243 e. The van der Waals surface area contributed by atoms with Gasteiger partial charge in [0.1, 0.15) is 11.5 Å². The number of aromatic hydroxyl groups is 1. The Labute approximate surface area is 191 Å². The maximum absolute atomic E-state index is 12.6. The average Bonchev–Trinajstić information content (AvgIpc) is 3.61. The highest BCUT2D eigenvalue weighted by molar-refractivity contribution is 6.03. The lowest BCUT2D eigenvalue weighted by Crippen LogP contribution is -2.22. The van der Waals surface area contributed by atoms with Gasteiger partial charge in [-0.25, -0.2) is 5.43 Å². The highest BCUT2D eigenvalue weighted by atomic mass is 16.5. The SMILES string of the molecule is CCCCCCCOc1ccc(C(CCC)=NNC(=O)[C@@H]2C[C@@H]2c2ccccc2)c(O)c1. The van der Waals surface area contributed by atoms with Gasteiger partial charge in [0.05, 0.1) is 12.3 Å². The molecule has 1 saturated carbocycles. The molecule has 1 fully saturated rings. The van der Waals surface area contributed by atoms with Crippen LogP contribution in [0, 0.1) is 5.92 Å². The molecule has 5 heteroatoms. The van der Waals surface area contributed by atoms with Crippen LogP contribution in [0.25, 0.3) is 0 Å². The second-order valence-corrected chi connectivity index (χ2v) is 8.59. The molecule has 0 unspecified atom stereocenters. The second-order valence-electron chi connectivity index (χ2n) is 8.59. The van der Waals surface area contributed by atoms with E-state index in [1.54, 1.807) is 6.07 Å². The van der Waals surface area contributed by atoms with Crippen LogP contribution in [0.1, 0.15) is 82.3 Å². The van der Waals surface area contributed by atoms with Crippen molar-refractivity contribution in [2.75, 3.05) is 6.61 Å². The number of ether oxygens (including phenoxy) is 1. The molecule has 0 aliphatic heterocycles. The molecule has 3 rings (SSSR count). The zero-order valence-electron chi connectivity index (χ0n) is 19.3. The van der Waals surface area contributed by atoms with E-state index in [-0.39, 0.29) is 23.5 Å². The number of hydrazone groups is 1. The maximum atomic E-state index is 12.6. The van der Waals surface area contributed by atoms with E-state index in [0.29, 0.717) is 30.1 Å². The Kier molecular flexibility index (Phi) is 9.14. The number of hydrogen-bond acceptors (Lipinski definition) is 4. The Morgan fingerprint density at radius 1 is 1.06 bits per heavy atom. The van der Waals surface area contributed by atoms with Gasteiger partial charge in [0.25, 0.3) is 0 Å². The number of hydrogen-bond donors (Lipinski definition) is 2. The monoisotopic (exact) mass is 436 g/mol. The van der Waals surface area contributed by atoms with Crippen molar-refractivity contribution in [1.29, 1.82) is 0 Å². The molecule has 1 aliphatic carbocycles. The summed E-state index contributed by atoms with van der Waals surface area (Å²) >= 11 is 0. The number of phenols is 1. The van der Waals surface area contributed by atoms with Crippen molar-refractivity contribution in [3.8, 4) is 11.5 Å². The second kappa shape index (κ2) is 12.3. The highest BCUT2D eigenvalue weighted by Gasteiger charge is 2.43. The molecule has 1 amide bonds. The first-order chi connectivity index (χ1) is 15.6. The predicted molar refractivity (Wildman–Crippen MR) is 129 cm³/mol. The van der Waals surface area contributed by atoms with Gasteiger partial charge in [-0.15, -0.1) is 0 Å². The van der Waals surface area contributed by atoms with Crippen LogP contribution in [-0.2, 0) is 4.79 Å². The smallest absolute Gasteiger partial charge is 0.243 e. The molecule has 2 aromatic carbocycles. The van der Waals surface area contributed by atoms with E-state index < -0.39 is 0 Å². The molecule has 2 N–H and O–H groups in total. The zero-order valence-corrected chi connectivity index (χ0v) is 19.3. The van der Waals surface area contributed by atoms with Gasteiger partial charge in [-0.3, -0.25) is 4.79 Å². The van der Waals surface area contributed by atoms with Crippen molar-refractivity contribution in [3.05, 3.63) is 59.7 Å². The molecular weight excluding hydrogens is 400 g/mol. The lowest BCUT2D eigenvalue weighted by Gasteiger charge is -2.11. The minimum absolute atomic E-state index is 0.0364. The van der Waals surface area contributed by atoms with Crippen LogP contribution >= 0.6 is 0 Å². The molecule has 5 nitrogen and oxygen atoms in total. The zero-order chi connectivity index (χ0) is 22.8. The molecule has 0 aromatic heterocycles. The fourth-order valence-electron chi connectivity index (χ4n) is 3.99. The highest BCUT2D eigenvalue weighted by Crippen LogP contribution is 2.47. The van der Waals surface area contributed by atoms with Crippen molar-refractivity contribution in [2.45, 2.75) is 71.1 Å². The predicted octanol–water partition coefficient (Wildman–Crippen LogP) is 6.17. The lowest BCUT2D eigenvalue weighted by molar-refractivity contribution is -0.122. The Hall–Kier alpha value is -2.82. The molecule has 0 saturated heterocycles. The van der Waals surface area contributed by atoms with E-state index in [0.717, 1.165) is 25.7 Å². The fourth-order valence-corrected chi connectivity index (χ4v) is 3.99. The largest absolute Gasteiger partial charge is 0.507 e. The van der Waals surface area contributed by atoms with Crippen LogP contribution in [-0.4, -0.2) is 23.3 Å². The Morgan fingerprint density at radius 2 is 1.84 bits per heavy atom. The van der Waals surface area contributed by atoms with Gasteiger partial charge < -0.3 is 9.84 Å². The summed E-state index contributed by atoms with van der Waals surface area (Å²) < 4.78 is 5.78. The number of amides is 1. The van der Waals surface area contributed by atoms with Crippen LogP contribution in [0.3, 0.4) is 0 Å². The number of phenolic OH excluding ortho intramolecular Hbond substituents is 1. The number of benzene rings is 2. The number of carbonyl (C=O) groups is 1. The lowest BCUT2D eigenvalue weighted by atomic mass is 10.0. The number of carbonyl (C=O) groups excluding carboxylic acids is 1. The number of nitrogens with one attached hydrogen (secondary N) is 1. The van der Waals surface area contributed by atoms with Crippen molar-refractivity contribution < 1.29 is 14.6 Å². The third-order valence-electron chi connectivity index (χ3n) is 5.94. The summed E-state index contributed by atoms with van der Waals surface area (Å²) in [5.41, 5.74) is 5.25. The first-order valence-electron chi connectivity index (χ1n) is 12.0. The summed E-state index contributed by atoms with van der Waals surface area (Å²) in [6.45, 7) is 4.91. The summed E-state index contributed by atoms with van der Waals surface area (Å²) in [6.07, 6.45) is 8.29. The average molecular weight is 437 g/mol. The minimum atomic E-state index is -0.0602. The van der Waals surface area contributed by atoms with Gasteiger partial charge in [0, 0.05) is 17.5 Å². The molecular formula is C27H36N2O3. The van der Waals surface area contributed by atoms with E-state index in [1.807, 2.05) is 30.3 Å². The van der Waals surface area contributed by atoms with E-state index in [9.17, 15) is 9.90 Å². The summed E-state index contributed by atoms with van der Waals surface area (Å²) in [7, 11) is 0. The molecule has 0 bridgehead atoms. The summed E-state index contributed by atoms with van der Waals surface area (Å²) in [5.74, 6) is 0.961. The molecule has 0 spiro atoms. The number of rotatable bonds is 13. The first kappa shape index (κ1) is 23.8. The molecule has 0 radical (unpaired) electrons. The van der Waals surface area contributed by atoms with Crippen LogP contribution in [0.15, 0.2) is 53.6 Å². The van der Waals surface area contributed by atoms with Crippen LogP contribution in [0.5, 0.6) is 11.5 Å². The first-order valence-corrected chi connectivity index (χ1v) is 12.0. The topological polar surface area (TPSA) is 70.9 Å². The third-order valence-corrected chi connectivity index (χ3v) is 5.94. The van der Waals surface area contributed by atoms with Crippen molar-refractivity contribution >= 4 is 11.6 Å². The van der Waals surface area contributed by atoms with Crippen molar-refractivity contribution in [1.82, 2.24) is 5.43 Å². The Bertz CT molecular complexity index is 895. The van der Waals surface area contributed by atoms with E-state index >= 15 is 0 Å². The molecule has 2 atom stereocenters. The van der Waals surface area contributed by atoms with Gasteiger partial charge >= 0.3 is 0 Å². The van der Waals surface area contributed by atoms with Gasteiger partial charge in [0.15, 0.2) is 0 Å². The summed E-state index contributed by atoms with van der Waals surface area (Å²) in [4.78, 5) is 12.6. The summed E-state index contributed by atoms with van der Waals surface area (Å²) in [6, 6.07) is 15.4. The normalized spacial score (nSPS) is 17.8. The number of nitrogens with zero attached hydrogens (tertiary/aromatic N) is 1. The fraction of sp³-hybridized carbons (Fsp3) is 0.481. The molecule has 1 aliphatic rings. The standard InChI is InChI=1S/C27H36N2O3/c1-3-5-6-7-11-17-32-21-15-16-22(26(30)18-21)25(12-4-2)28-29-27(31)24-19-23(24)20-13-9-8-10-14-20/h8-10,13-16,18,23-24,30H,3-7,11-12,17,19H2,1-2H3,(H,29,31)/t23-,24-/m1/s1. The Morgan fingerprint density at radius 3 is 2.56 bits per heavy atom. The van der Waals surface area contributed by atoms with Gasteiger partial charge in [-0.1, -0.05) is 76.3 Å². The van der Waals surface area contributed by atoms with E-state index in [2.05, 4.69) is 36.5 Å². The molecule has 172 valence electrons. The third kappa shape index (κ3) is 6.84. The van der Waals surface area contributed by atoms with Crippen LogP contribution in [0.4, 0.5) is 0 Å². The van der Waals surface area contributed by atoms with Gasteiger partial charge in [-0.2, -0.15) is 5.10 Å². The van der Waals surface area contributed by atoms with Crippen LogP contribution < -0.4 is 10.2 Å². The molecule has 0 heterocycles. The molecule has 32 heavy (non-hydrogen) atoms. The van der Waals surface area contributed by atoms with Crippen molar-refractivity contribution in [2.24, 2.45) is 11.0 Å². The van der Waals surface area contributed by atoms with E-state index in [4.69, 9.17) is 4.74 Å². The van der Waals surface area contributed by atoms with Crippen molar-refractivity contribution in [3.63, 3.8) is 0 Å². The van der Waals surface area contributed by atoms with E-state index in [1.165, 1.54) is 24.8 Å². The van der Waals surface area contributed by atoms with Gasteiger partial charge in [0.2, 0.25) is 5.91 Å². The van der Waals surface area contributed by atoms with Gasteiger partial charge in [-0.05, 0) is 42.9 Å². The van der Waals surface area contributed by atoms with Crippen LogP contribution in [0.2, 0.25) is 0 Å². The minimum Gasteiger partial charge on any atom is -0.507 e. The number of unbranched alkanes of at least 4 members (excludes halogenated alkanes) is 4. The molecule has 2 aromatic rings. The Balaban J connectivity index is 1.56.